The third-order valence-corrected chi connectivity index (χ3v) is 4.86. The zero-order chi connectivity index (χ0) is 19.1. The lowest BCUT2D eigenvalue weighted by atomic mass is 10.2. The summed E-state index contributed by atoms with van der Waals surface area (Å²) >= 11 is 4.46. The minimum atomic E-state index is -0.315. The van der Waals surface area contributed by atoms with Gasteiger partial charge in [0.1, 0.15) is 0 Å². The maximum absolute atomic E-state index is 11.9. The number of carbonyl (C=O) groups excluding carboxylic acids is 2. The standard InChI is InChI=1S/C18H15BrN4O3S/c19-13-8-4-5-9-14(13)21-15(24)10-20-16(25)11-27-18-23-22-17(26-18)12-6-2-1-3-7-12/h1-9H,10-11H2,(H,20,25)(H,21,24). The van der Waals surface area contributed by atoms with Crippen molar-refractivity contribution in [2.45, 2.75) is 5.22 Å². The van der Waals surface area contributed by atoms with Crippen LogP contribution < -0.4 is 10.6 Å². The average Bonchev–Trinajstić information content (AvgIpc) is 3.16. The number of hydrogen-bond donors (Lipinski definition) is 2. The van der Waals surface area contributed by atoms with Crippen LogP contribution in [0.1, 0.15) is 0 Å². The molecule has 138 valence electrons. The van der Waals surface area contributed by atoms with Crippen LogP contribution in [0.5, 0.6) is 0 Å². The molecule has 3 rings (SSSR count). The predicted octanol–water partition coefficient (Wildman–Crippen LogP) is 3.35. The summed E-state index contributed by atoms with van der Waals surface area (Å²) in [7, 11) is 0. The van der Waals surface area contributed by atoms with Crippen molar-refractivity contribution >= 4 is 45.2 Å². The summed E-state index contributed by atoms with van der Waals surface area (Å²) in [6, 6.07) is 16.6. The molecule has 0 atom stereocenters. The second-order valence-electron chi connectivity index (χ2n) is 5.33. The van der Waals surface area contributed by atoms with Crippen LogP contribution in [0.4, 0.5) is 5.69 Å². The second kappa shape index (κ2) is 9.33. The van der Waals surface area contributed by atoms with Crippen molar-refractivity contribution in [2.75, 3.05) is 17.6 Å². The summed E-state index contributed by atoms with van der Waals surface area (Å²) in [5.41, 5.74) is 1.45. The summed E-state index contributed by atoms with van der Waals surface area (Å²) < 4.78 is 6.28. The second-order valence-corrected chi connectivity index (χ2v) is 7.11. The number of hydrogen-bond acceptors (Lipinski definition) is 6. The maximum Gasteiger partial charge on any atom is 0.277 e. The summed E-state index contributed by atoms with van der Waals surface area (Å²) in [4.78, 5) is 23.8. The quantitative estimate of drug-likeness (QED) is 0.540. The normalized spacial score (nSPS) is 10.4. The molecule has 3 aromatic rings. The molecule has 0 aliphatic heterocycles. The van der Waals surface area contributed by atoms with Crippen LogP contribution >= 0.6 is 27.7 Å². The van der Waals surface area contributed by atoms with Crippen molar-refractivity contribution in [1.82, 2.24) is 15.5 Å². The number of halogens is 1. The van der Waals surface area contributed by atoms with Gasteiger partial charge in [-0.15, -0.1) is 10.2 Å². The highest BCUT2D eigenvalue weighted by atomic mass is 79.9. The van der Waals surface area contributed by atoms with E-state index in [9.17, 15) is 9.59 Å². The lowest BCUT2D eigenvalue weighted by molar-refractivity contribution is -0.122. The van der Waals surface area contributed by atoms with Gasteiger partial charge in [0.05, 0.1) is 18.0 Å². The highest BCUT2D eigenvalue weighted by Crippen LogP contribution is 2.23. The van der Waals surface area contributed by atoms with Gasteiger partial charge in [-0.25, -0.2) is 0 Å². The molecule has 7 nitrogen and oxygen atoms in total. The molecule has 1 heterocycles. The Bertz CT molecular complexity index is 933. The van der Waals surface area contributed by atoms with Crippen LogP contribution in [0.25, 0.3) is 11.5 Å². The average molecular weight is 447 g/mol. The van der Waals surface area contributed by atoms with Crippen LogP contribution in [-0.2, 0) is 9.59 Å². The highest BCUT2D eigenvalue weighted by Gasteiger charge is 2.12. The molecule has 0 saturated carbocycles. The molecule has 0 fully saturated rings. The number of anilines is 1. The SMILES string of the molecule is O=C(CSc1nnc(-c2ccccc2)o1)NCC(=O)Nc1ccccc1Br. The number of rotatable bonds is 7. The highest BCUT2D eigenvalue weighted by molar-refractivity contribution is 9.10. The van der Waals surface area contributed by atoms with Gasteiger partial charge >= 0.3 is 0 Å². The molecule has 0 spiro atoms. The molecule has 0 bridgehead atoms. The van der Waals surface area contributed by atoms with E-state index in [2.05, 4.69) is 36.8 Å². The molecular weight excluding hydrogens is 432 g/mol. The van der Waals surface area contributed by atoms with E-state index < -0.39 is 0 Å². The first-order valence-corrected chi connectivity index (χ1v) is 9.72. The third-order valence-electron chi connectivity index (χ3n) is 3.35. The third kappa shape index (κ3) is 5.66. The molecule has 0 saturated heterocycles. The number of nitrogens with one attached hydrogen (secondary N) is 2. The van der Waals surface area contributed by atoms with Gasteiger partial charge in [0.2, 0.25) is 17.7 Å². The predicted molar refractivity (Wildman–Crippen MR) is 106 cm³/mol. The van der Waals surface area contributed by atoms with E-state index in [0.29, 0.717) is 16.8 Å². The van der Waals surface area contributed by atoms with Gasteiger partial charge < -0.3 is 15.1 Å². The van der Waals surface area contributed by atoms with Gasteiger partial charge in [-0.05, 0) is 40.2 Å². The monoisotopic (exact) mass is 446 g/mol. The van der Waals surface area contributed by atoms with Crippen molar-refractivity contribution in [3.63, 3.8) is 0 Å². The van der Waals surface area contributed by atoms with E-state index in [-0.39, 0.29) is 24.1 Å². The largest absolute Gasteiger partial charge is 0.411 e. The number of para-hydroxylation sites is 1. The lowest BCUT2D eigenvalue weighted by Gasteiger charge is -2.07. The van der Waals surface area contributed by atoms with Crippen LogP contribution in [0.15, 0.2) is 68.7 Å². The van der Waals surface area contributed by atoms with E-state index in [0.717, 1.165) is 21.8 Å². The Balaban J connectivity index is 1.43. The number of nitrogens with zero attached hydrogens (tertiary/aromatic N) is 2. The van der Waals surface area contributed by atoms with Crippen LogP contribution in [0, 0.1) is 0 Å². The Labute approximate surface area is 168 Å². The maximum atomic E-state index is 11.9. The fraction of sp³-hybridized carbons (Fsp3) is 0.111. The number of aromatic nitrogens is 2. The Morgan fingerprint density at radius 3 is 2.52 bits per heavy atom. The van der Waals surface area contributed by atoms with Crippen molar-refractivity contribution < 1.29 is 14.0 Å². The molecule has 9 heteroatoms. The van der Waals surface area contributed by atoms with Gasteiger partial charge in [0.25, 0.3) is 5.22 Å². The minimum Gasteiger partial charge on any atom is -0.411 e. The van der Waals surface area contributed by atoms with Crippen molar-refractivity contribution in [1.29, 1.82) is 0 Å². The first kappa shape index (κ1) is 19.1. The van der Waals surface area contributed by atoms with Gasteiger partial charge in [0, 0.05) is 10.0 Å². The zero-order valence-electron chi connectivity index (χ0n) is 14.0. The summed E-state index contributed by atoms with van der Waals surface area (Å²) in [6.45, 7) is -0.125. The number of carbonyl (C=O) groups is 2. The van der Waals surface area contributed by atoms with Gasteiger partial charge in [-0.2, -0.15) is 0 Å². The zero-order valence-corrected chi connectivity index (χ0v) is 16.4. The summed E-state index contributed by atoms with van der Waals surface area (Å²) in [5.74, 6) is -0.156. The molecule has 2 aromatic carbocycles. The smallest absolute Gasteiger partial charge is 0.277 e. The van der Waals surface area contributed by atoms with E-state index >= 15 is 0 Å². The molecule has 2 N–H and O–H groups in total. The summed E-state index contributed by atoms with van der Waals surface area (Å²) in [6.07, 6.45) is 0. The fourth-order valence-corrected chi connectivity index (χ4v) is 3.06. The van der Waals surface area contributed by atoms with E-state index in [1.165, 1.54) is 0 Å². The Kier molecular flexibility index (Phi) is 6.61. The molecule has 0 aliphatic carbocycles. The molecule has 1 aromatic heterocycles. The first-order chi connectivity index (χ1) is 13.1. The van der Waals surface area contributed by atoms with E-state index in [1.807, 2.05) is 48.5 Å². The van der Waals surface area contributed by atoms with Crippen molar-refractivity contribution in [3.8, 4) is 11.5 Å². The van der Waals surface area contributed by atoms with Gasteiger partial charge in [0.15, 0.2) is 0 Å². The molecule has 0 aliphatic rings. The molecule has 2 amide bonds. The van der Waals surface area contributed by atoms with Gasteiger partial charge in [-0.3, -0.25) is 9.59 Å². The Hall–Kier alpha value is -2.65. The Morgan fingerprint density at radius 1 is 1.00 bits per heavy atom. The molecule has 27 heavy (non-hydrogen) atoms. The van der Waals surface area contributed by atoms with Gasteiger partial charge in [-0.1, -0.05) is 42.1 Å². The van der Waals surface area contributed by atoms with Crippen molar-refractivity contribution in [3.05, 3.63) is 59.1 Å². The van der Waals surface area contributed by atoms with Crippen LogP contribution in [0.3, 0.4) is 0 Å². The van der Waals surface area contributed by atoms with E-state index in [4.69, 9.17) is 4.42 Å². The number of amides is 2. The molecule has 0 radical (unpaired) electrons. The Morgan fingerprint density at radius 2 is 1.74 bits per heavy atom. The topological polar surface area (TPSA) is 97.1 Å². The molecule has 0 unspecified atom stereocenters. The van der Waals surface area contributed by atoms with Crippen LogP contribution in [-0.4, -0.2) is 34.3 Å². The molecular formula is C18H15BrN4O3S. The number of thioether (sulfide) groups is 1. The summed E-state index contributed by atoms with van der Waals surface area (Å²) in [5, 5.41) is 13.4. The minimum absolute atomic E-state index is 0.0682. The number of benzene rings is 2. The fourth-order valence-electron chi connectivity index (χ4n) is 2.08. The lowest BCUT2D eigenvalue weighted by Crippen LogP contribution is -2.33. The van der Waals surface area contributed by atoms with Crippen molar-refractivity contribution in [2.24, 2.45) is 0 Å². The van der Waals surface area contributed by atoms with Crippen LogP contribution in [0.2, 0.25) is 0 Å². The first-order valence-electron chi connectivity index (χ1n) is 7.94. The van der Waals surface area contributed by atoms with E-state index in [1.54, 1.807) is 6.07 Å².